The molecule has 0 bridgehead atoms. The quantitative estimate of drug-likeness (QED) is 0.763. The van der Waals surface area contributed by atoms with Crippen molar-refractivity contribution >= 4 is 27.3 Å². The number of amides is 1. The van der Waals surface area contributed by atoms with Crippen molar-refractivity contribution in [3.05, 3.63) is 35.2 Å². The normalized spacial score (nSPS) is 20.6. The maximum atomic E-state index is 13.0. The lowest BCUT2D eigenvalue weighted by atomic mass is 9.88. The number of hydrogen-bond donors (Lipinski definition) is 0. The number of hydrogen-bond acceptors (Lipinski definition) is 3. The van der Waals surface area contributed by atoms with Gasteiger partial charge in [0.15, 0.2) is 0 Å². The zero-order chi connectivity index (χ0) is 17.8. The van der Waals surface area contributed by atoms with E-state index in [-0.39, 0.29) is 11.9 Å². The van der Waals surface area contributed by atoms with Crippen molar-refractivity contribution in [2.45, 2.75) is 44.2 Å². The standard InChI is InChI=1S/C21H26N2OS/c1-4-13-22(2)18-9-5-6-10-19(18)23(3)21(24)15-16-8-7-11-20-17(16)12-14-25-20/h1,7-8,11-12,14,18-19H,5-6,9-10,13,15H2,2-3H3/t18-,19-/m1/s1. The highest BCUT2D eigenvalue weighted by Gasteiger charge is 2.33. The molecule has 1 aromatic heterocycles. The first-order valence-corrected chi connectivity index (χ1v) is 9.84. The van der Waals surface area contributed by atoms with E-state index in [4.69, 9.17) is 6.42 Å². The van der Waals surface area contributed by atoms with Gasteiger partial charge in [-0.15, -0.1) is 17.8 Å². The minimum atomic E-state index is 0.199. The predicted molar refractivity (Wildman–Crippen MR) is 106 cm³/mol. The van der Waals surface area contributed by atoms with E-state index in [0.29, 0.717) is 19.0 Å². The molecular weight excluding hydrogens is 328 g/mol. The fourth-order valence-corrected chi connectivity index (χ4v) is 4.84. The summed E-state index contributed by atoms with van der Waals surface area (Å²) in [4.78, 5) is 17.2. The Morgan fingerprint density at radius 1 is 1.24 bits per heavy atom. The van der Waals surface area contributed by atoms with Crippen LogP contribution in [0.1, 0.15) is 31.2 Å². The summed E-state index contributed by atoms with van der Waals surface area (Å²) in [5.41, 5.74) is 1.12. The van der Waals surface area contributed by atoms with Crippen molar-refractivity contribution in [2.75, 3.05) is 20.6 Å². The molecule has 4 heteroatoms. The number of nitrogens with zero attached hydrogens (tertiary/aromatic N) is 2. The van der Waals surface area contributed by atoms with Gasteiger partial charge in [0.1, 0.15) is 0 Å². The van der Waals surface area contributed by atoms with Crippen molar-refractivity contribution in [1.29, 1.82) is 0 Å². The first-order valence-electron chi connectivity index (χ1n) is 8.96. The van der Waals surface area contributed by atoms with Gasteiger partial charge < -0.3 is 4.90 Å². The van der Waals surface area contributed by atoms with Crippen LogP contribution in [-0.4, -0.2) is 48.4 Å². The van der Waals surface area contributed by atoms with Crippen molar-refractivity contribution in [1.82, 2.24) is 9.80 Å². The lowest BCUT2D eigenvalue weighted by Crippen LogP contribution is -2.53. The fourth-order valence-electron chi connectivity index (χ4n) is 4.00. The summed E-state index contributed by atoms with van der Waals surface area (Å²) in [6.07, 6.45) is 10.5. The monoisotopic (exact) mass is 354 g/mol. The van der Waals surface area contributed by atoms with Crippen molar-refractivity contribution < 1.29 is 4.79 Å². The zero-order valence-corrected chi connectivity index (χ0v) is 15.9. The Hall–Kier alpha value is -1.83. The van der Waals surface area contributed by atoms with Crippen LogP contribution in [0, 0.1) is 12.3 Å². The molecule has 0 saturated heterocycles. The second-order valence-corrected chi connectivity index (χ2v) is 7.92. The van der Waals surface area contributed by atoms with E-state index < -0.39 is 0 Å². The molecule has 0 spiro atoms. The predicted octanol–water partition coefficient (Wildman–Crippen LogP) is 3.78. The topological polar surface area (TPSA) is 23.6 Å². The van der Waals surface area contributed by atoms with Crippen molar-refractivity contribution in [2.24, 2.45) is 0 Å². The van der Waals surface area contributed by atoms with Gasteiger partial charge in [0.25, 0.3) is 0 Å². The highest BCUT2D eigenvalue weighted by atomic mass is 32.1. The molecule has 1 aliphatic rings. The molecule has 0 N–H and O–H groups in total. The summed E-state index contributed by atoms with van der Waals surface area (Å²) in [7, 11) is 4.04. The maximum absolute atomic E-state index is 13.0. The summed E-state index contributed by atoms with van der Waals surface area (Å²) in [6.45, 7) is 0.636. The summed E-state index contributed by atoms with van der Waals surface area (Å²) >= 11 is 1.72. The van der Waals surface area contributed by atoms with E-state index in [1.807, 2.05) is 18.0 Å². The van der Waals surface area contributed by atoms with Crippen LogP contribution in [0.25, 0.3) is 10.1 Å². The number of thiophene rings is 1. The third-order valence-corrected chi connectivity index (χ3v) is 6.30. The van der Waals surface area contributed by atoms with Crippen LogP contribution < -0.4 is 0 Å². The molecule has 3 rings (SSSR count). The second kappa shape index (κ2) is 8.03. The molecular formula is C21H26N2OS. The molecule has 1 fully saturated rings. The molecule has 25 heavy (non-hydrogen) atoms. The van der Waals surface area contributed by atoms with E-state index in [9.17, 15) is 4.79 Å². The largest absolute Gasteiger partial charge is 0.341 e. The average molecular weight is 355 g/mol. The van der Waals surface area contributed by atoms with E-state index in [1.165, 1.54) is 22.9 Å². The summed E-state index contributed by atoms with van der Waals surface area (Å²) in [6, 6.07) is 8.96. The van der Waals surface area contributed by atoms with E-state index in [2.05, 4.69) is 41.4 Å². The highest BCUT2D eigenvalue weighted by molar-refractivity contribution is 7.17. The SMILES string of the molecule is C#CCN(C)[C@@H]1CCCC[C@H]1N(C)C(=O)Cc1cccc2sccc12. The Morgan fingerprint density at radius 3 is 2.76 bits per heavy atom. The Labute approximate surface area is 154 Å². The number of likely N-dealkylation sites (N-methyl/N-ethyl adjacent to an activating group) is 2. The molecule has 1 aromatic carbocycles. The molecule has 2 aromatic rings. The molecule has 1 heterocycles. The lowest BCUT2D eigenvalue weighted by Gasteiger charge is -2.42. The van der Waals surface area contributed by atoms with Gasteiger partial charge in [-0.2, -0.15) is 0 Å². The van der Waals surface area contributed by atoms with Gasteiger partial charge >= 0.3 is 0 Å². The lowest BCUT2D eigenvalue weighted by molar-refractivity contribution is -0.133. The Morgan fingerprint density at radius 2 is 2.00 bits per heavy atom. The maximum Gasteiger partial charge on any atom is 0.227 e. The summed E-state index contributed by atoms with van der Waals surface area (Å²) in [5, 5.41) is 3.30. The molecule has 3 nitrogen and oxygen atoms in total. The third-order valence-electron chi connectivity index (χ3n) is 5.42. The van der Waals surface area contributed by atoms with Crippen LogP contribution in [0.3, 0.4) is 0 Å². The minimum Gasteiger partial charge on any atom is -0.341 e. The molecule has 0 aliphatic heterocycles. The van der Waals surface area contributed by atoms with Crippen LogP contribution in [0.2, 0.25) is 0 Å². The van der Waals surface area contributed by atoms with Crippen molar-refractivity contribution in [3.8, 4) is 12.3 Å². The smallest absolute Gasteiger partial charge is 0.227 e. The number of terminal acetylenes is 1. The van der Waals surface area contributed by atoms with Crippen LogP contribution in [0.15, 0.2) is 29.6 Å². The highest BCUT2D eigenvalue weighted by Crippen LogP contribution is 2.28. The molecule has 0 unspecified atom stereocenters. The Bertz CT molecular complexity index is 776. The number of fused-ring (bicyclic) bond motifs is 1. The van der Waals surface area contributed by atoms with Crippen LogP contribution in [-0.2, 0) is 11.2 Å². The minimum absolute atomic E-state index is 0.199. The van der Waals surface area contributed by atoms with Gasteiger partial charge in [0.2, 0.25) is 5.91 Å². The van der Waals surface area contributed by atoms with E-state index >= 15 is 0 Å². The van der Waals surface area contributed by atoms with E-state index in [0.717, 1.165) is 18.4 Å². The molecule has 132 valence electrons. The Kier molecular flexibility index (Phi) is 5.78. The van der Waals surface area contributed by atoms with Gasteiger partial charge in [0, 0.05) is 23.8 Å². The van der Waals surface area contributed by atoms with Gasteiger partial charge in [-0.3, -0.25) is 9.69 Å². The Balaban J connectivity index is 1.74. The first-order chi connectivity index (χ1) is 12.1. The number of carbonyl (C=O) groups is 1. The molecule has 0 radical (unpaired) electrons. The number of rotatable bonds is 5. The zero-order valence-electron chi connectivity index (χ0n) is 15.1. The molecule has 1 aliphatic carbocycles. The van der Waals surface area contributed by atoms with Gasteiger partial charge in [0.05, 0.1) is 13.0 Å². The summed E-state index contributed by atoms with van der Waals surface area (Å²) < 4.78 is 1.25. The second-order valence-electron chi connectivity index (χ2n) is 6.97. The van der Waals surface area contributed by atoms with Gasteiger partial charge in [-0.1, -0.05) is 30.9 Å². The van der Waals surface area contributed by atoms with Crippen LogP contribution in [0.4, 0.5) is 0 Å². The van der Waals surface area contributed by atoms with Crippen molar-refractivity contribution in [3.63, 3.8) is 0 Å². The van der Waals surface area contributed by atoms with Gasteiger partial charge in [-0.25, -0.2) is 0 Å². The third kappa shape index (κ3) is 3.89. The number of carbonyl (C=O) groups excluding carboxylic acids is 1. The summed E-state index contributed by atoms with van der Waals surface area (Å²) in [5.74, 6) is 2.93. The fraction of sp³-hybridized carbons (Fsp3) is 0.476. The first kappa shape index (κ1) is 18.0. The molecule has 2 atom stereocenters. The van der Waals surface area contributed by atoms with Crippen LogP contribution in [0.5, 0.6) is 0 Å². The number of benzene rings is 1. The molecule has 1 saturated carbocycles. The average Bonchev–Trinajstić information content (AvgIpc) is 3.11. The van der Waals surface area contributed by atoms with Crippen LogP contribution >= 0.6 is 11.3 Å². The van der Waals surface area contributed by atoms with E-state index in [1.54, 1.807) is 11.3 Å². The molecule has 1 amide bonds. The van der Waals surface area contributed by atoms with Gasteiger partial charge in [-0.05, 0) is 48.4 Å².